The van der Waals surface area contributed by atoms with Crippen LogP contribution in [0, 0.1) is 0 Å². The summed E-state index contributed by atoms with van der Waals surface area (Å²) in [6.45, 7) is 2.03. The first kappa shape index (κ1) is 15.6. The van der Waals surface area contributed by atoms with Crippen molar-refractivity contribution in [3.8, 4) is 0 Å². The maximum Gasteiger partial charge on any atom is 0.327 e. The molecular formula is C15H18N2O3S. The molecule has 5 nitrogen and oxygen atoms in total. The van der Waals surface area contributed by atoms with Crippen LogP contribution in [0.3, 0.4) is 0 Å². The van der Waals surface area contributed by atoms with Gasteiger partial charge in [0.05, 0.1) is 5.37 Å². The van der Waals surface area contributed by atoms with Gasteiger partial charge in [0.1, 0.15) is 6.04 Å². The maximum atomic E-state index is 12.4. The molecule has 1 saturated heterocycles. The van der Waals surface area contributed by atoms with Crippen molar-refractivity contribution < 1.29 is 14.7 Å². The Balaban J connectivity index is 2.13. The van der Waals surface area contributed by atoms with E-state index in [1.807, 2.05) is 13.0 Å². The number of hydrogen-bond acceptors (Lipinski definition) is 4. The summed E-state index contributed by atoms with van der Waals surface area (Å²) in [6.07, 6.45) is 8.14. The number of carboxylic acids is 1. The summed E-state index contributed by atoms with van der Waals surface area (Å²) < 4.78 is 0. The van der Waals surface area contributed by atoms with Gasteiger partial charge in [0, 0.05) is 24.2 Å². The Morgan fingerprint density at radius 3 is 3.00 bits per heavy atom. The number of carbonyl (C=O) groups excluding carboxylic acids is 1. The van der Waals surface area contributed by atoms with Gasteiger partial charge in [0.15, 0.2) is 0 Å². The number of aromatic nitrogens is 1. The number of carboxylic acid groups (broad SMARTS) is 1. The zero-order valence-corrected chi connectivity index (χ0v) is 12.6. The number of amides is 1. The molecule has 1 aromatic heterocycles. The Morgan fingerprint density at radius 2 is 2.38 bits per heavy atom. The molecule has 0 spiro atoms. The molecule has 0 aromatic carbocycles. The first-order chi connectivity index (χ1) is 10.1. The molecule has 2 rings (SSSR count). The third kappa shape index (κ3) is 3.85. The van der Waals surface area contributed by atoms with Gasteiger partial charge < -0.3 is 10.0 Å². The third-order valence-corrected chi connectivity index (χ3v) is 4.63. The molecule has 1 fully saturated rings. The summed E-state index contributed by atoms with van der Waals surface area (Å²) in [5.41, 5.74) is 0.816. The van der Waals surface area contributed by atoms with E-state index in [1.165, 1.54) is 22.7 Å². The quantitative estimate of drug-likeness (QED) is 0.845. The van der Waals surface area contributed by atoms with Gasteiger partial charge in [-0.1, -0.05) is 19.4 Å². The van der Waals surface area contributed by atoms with E-state index >= 15 is 0 Å². The summed E-state index contributed by atoms with van der Waals surface area (Å²) >= 11 is 1.54. The molecule has 2 heterocycles. The number of rotatable bonds is 5. The molecule has 0 bridgehead atoms. The molecule has 1 aliphatic rings. The van der Waals surface area contributed by atoms with Gasteiger partial charge in [-0.25, -0.2) is 4.79 Å². The van der Waals surface area contributed by atoms with Crippen molar-refractivity contribution in [2.75, 3.05) is 5.75 Å². The van der Waals surface area contributed by atoms with Crippen molar-refractivity contribution in [2.45, 2.75) is 31.2 Å². The predicted octanol–water partition coefficient (Wildman–Crippen LogP) is 2.25. The lowest BCUT2D eigenvalue weighted by atomic mass is 10.2. The molecule has 6 heteroatoms. The van der Waals surface area contributed by atoms with E-state index in [-0.39, 0.29) is 11.3 Å². The lowest BCUT2D eigenvalue weighted by molar-refractivity contribution is -0.147. The van der Waals surface area contributed by atoms with Crippen LogP contribution in [-0.4, -0.2) is 44.0 Å². The van der Waals surface area contributed by atoms with E-state index in [0.29, 0.717) is 5.75 Å². The number of hydrogen-bond donors (Lipinski definition) is 1. The lowest BCUT2D eigenvalue weighted by Crippen LogP contribution is -2.44. The van der Waals surface area contributed by atoms with Crippen molar-refractivity contribution in [1.82, 2.24) is 9.88 Å². The second-order valence-electron chi connectivity index (χ2n) is 4.80. The molecule has 0 aliphatic carbocycles. The first-order valence-electron chi connectivity index (χ1n) is 6.88. The van der Waals surface area contributed by atoms with Crippen molar-refractivity contribution in [1.29, 1.82) is 0 Å². The highest BCUT2D eigenvalue weighted by Crippen LogP contribution is 2.32. The second-order valence-corrected chi connectivity index (χ2v) is 6.01. The van der Waals surface area contributed by atoms with Gasteiger partial charge in [-0.2, -0.15) is 0 Å². The monoisotopic (exact) mass is 306 g/mol. The fourth-order valence-electron chi connectivity index (χ4n) is 2.25. The van der Waals surface area contributed by atoms with Crippen LogP contribution in [0.2, 0.25) is 0 Å². The van der Waals surface area contributed by atoms with Crippen LogP contribution in [0.15, 0.2) is 30.6 Å². The molecule has 1 N–H and O–H groups in total. The third-order valence-electron chi connectivity index (χ3n) is 3.27. The predicted molar refractivity (Wildman–Crippen MR) is 82.7 cm³/mol. The SMILES string of the molecule is CCCC1SCC(C(=O)O)N1C(=O)C=Cc1cccnc1. The Morgan fingerprint density at radius 1 is 1.57 bits per heavy atom. The molecule has 1 aromatic rings. The van der Waals surface area contributed by atoms with Crippen LogP contribution in [-0.2, 0) is 9.59 Å². The van der Waals surface area contributed by atoms with Crippen LogP contribution < -0.4 is 0 Å². The van der Waals surface area contributed by atoms with E-state index < -0.39 is 12.0 Å². The Bertz CT molecular complexity index is 533. The second kappa shape index (κ2) is 7.26. The molecule has 0 radical (unpaired) electrons. The molecule has 1 amide bonds. The Hall–Kier alpha value is -1.82. The van der Waals surface area contributed by atoms with Gasteiger partial charge >= 0.3 is 5.97 Å². The summed E-state index contributed by atoms with van der Waals surface area (Å²) in [7, 11) is 0. The summed E-state index contributed by atoms with van der Waals surface area (Å²) in [5, 5.41) is 9.21. The van der Waals surface area contributed by atoms with Crippen molar-refractivity contribution in [3.63, 3.8) is 0 Å². The Kier molecular flexibility index (Phi) is 5.38. The summed E-state index contributed by atoms with van der Waals surface area (Å²) in [6, 6.07) is 2.89. The van der Waals surface area contributed by atoms with Crippen LogP contribution in [0.4, 0.5) is 0 Å². The molecule has 0 saturated carbocycles. The van der Waals surface area contributed by atoms with Gasteiger partial charge in [-0.15, -0.1) is 11.8 Å². The van der Waals surface area contributed by atoms with Gasteiger partial charge in [-0.05, 0) is 24.1 Å². The molecule has 21 heavy (non-hydrogen) atoms. The molecule has 112 valence electrons. The van der Waals surface area contributed by atoms with Crippen LogP contribution in [0.25, 0.3) is 6.08 Å². The van der Waals surface area contributed by atoms with Crippen molar-refractivity contribution >= 4 is 29.7 Å². The Labute approximate surface area is 128 Å². The van der Waals surface area contributed by atoms with E-state index in [4.69, 9.17) is 0 Å². The fraction of sp³-hybridized carbons (Fsp3) is 0.400. The highest BCUT2D eigenvalue weighted by Gasteiger charge is 2.40. The average molecular weight is 306 g/mol. The first-order valence-corrected chi connectivity index (χ1v) is 7.93. The van der Waals surface area contributed by atoms with E-state index in [0.717, 1.165) is 18.4 Å². The minimum Gasteiger partial charge on any atom is -0.480 e. The van der Waals surface area contributed by atoms with Gasteiger partial charge in [0.25, 0.3) is 0 Å². The smallest absolute Gasteiger partial charge is 0.327 e. The zero-order chi connectivity index (χ0) is 15.2. The standard InChI is InChI=1S/C15H18N2O3S/c1-2-4-14-17(12(10-21-14)15(19)20)13(18)7-6-11-5-3-8-16-9-11/h3,5-9,12,14H,2,4,10H2,1H3,(H,19,20). The van der Waals surface area contributed by atoms with Crippen LogP contribution >= 0.6 is 11.8 Å². The molecular weight excluding hydrogens is 288 g/mol. The topological polar surface area (TPSA) is 70.5 Å². The largest absolute Gasteiger partial charge is 0.480 e. The highest BCUT2D eigenvalue weighted by atomic mass is 32.2. The van der Waals surface area contributed by atoms with Gasteiger partial charge in [0.2, 0.25) is 5.91 Å². The number of thioether (sulfide) groups is 1. The minimum absolute atomic E-state index is 0.0536. The highest BCUT2D eigenvalue weighted by molar-refractivity contribution is 8.00. The number of carbonyl (C=O) groups is 2. The van der Waals surface area contributed by atoms with Crippen LogP contribution in [0.5, 0.6) is 0 Å². The lowest BCUT2D eigenvalue weighted by Gasteiger charge is -2.25. The molecule has 1 aliphatic heterocycles. The minimum atomic E-state index is -0.941. The number of nitrogens with zero attached hydrogens (tertiary/aromatic N) is 2. The summed E-state index contributed by atoms with van der Waals surface area (Å²) in [5.74, 6) is -0.745. The average Bonchev–Trinajstić information content (AvgIpc) is 2.90. The molecule has 2 atom stereocenters. The van der Waals surface area contributed by atoms with Crippen molar-refractivity contribution in [3.05, 3.63) is 36.2 Å². The molecule has 2 unspecified atom stereocenters. The van der Waals surface area contributed by atoms with E-state index in [2.05, 4.69) is 4.98 Å². The normalized spacial score (nSPS) is 21.9. The summed E-state index contributed by atoms with van der Waals surface area (Å²) in [4.78, 5) is 29.1. The van der Waals surface area contributed by atoms with Gasteiger partial charge in [-0.3, -0.25) is 9.78 Å². The number of aliphatic carboxylic acids is 1. The van der Waals surface area contributed by atoms with E-state index in [1.54, 1.807) is 24.5 Å². The van der Waals surface area contributed by atoms with Crippen LogP contribution in [0.1, 0.15) is 25.3 Å². The fourth-order valence-corrected chi connectivity index (χ4v) is 3.77. The number of pyridine rings is 1. The van der Waals surface area contributed by atoms with Crippen molar-refractivity contribution in [2.24, 2.45) is 0 Å². The maximum absolute atomic E-state index is 12.4. The zero-order valence-electron chi connectivity index (χ0n) is 11.8. The van der Waals surface area contributed by atoms with E-state index in [9.17, 15) is 14.7 Å².